The Morgan fingerprint density at radius 3 is 2.03 bits per heavy atom. The molecule has 3 heteroatoms. The summed E-state index contributed by atoms with van der Waals surface area (Å²) in [5.41, 5.74) is 4.60. The number of unbranched alkanes of at least 4 members (excludes halogenated alkanes) is 7. The molecule has 0 spiro atoms. The first kappa shape index (κ1) is 25.6. The minimum atomic E-state index is -0.256. The molecule has 0 fully saturated rings. The van der Waals surface area contributed by atoms with E-state index in [-0.39, 0.29) is 11.4 Å². The third-order valence-corrected chi connectivity index (χ3v) is 7.33. The van der Waals surface area contributed by atoms with Crippen molar-refractivity contribution in [3.8, 4) is 11.1 Å². The minimum Gasteiger partial charge on any atom is -0.441 e. The molecule has 184 valence electrons. The molecular formula is C32H37FOS. The molecule has 0 saturated carbocycles. The third kappa shape index (κ3) is 6.19. The summed E-state index contributed by atoms with van der Waals surface area (Å²) in [6.45, 7) is 4.44. The smallest absolute Gasteiger partial charge is 0.198 e. The summed E-state index contributed by atoms with van der Waals surface area (Å²) in [5, 5.41) is 2.59. The van der Waals surface area contributed by atoms with E-state index in [1.807, 2.05) is 12.1 Å². The Kier molecular flexibility index (Phi) is 9.09. The molecule has 0 unspecified atom stereocenters. The maximum Gasteiger partial charge on any atom is 0.198 e. The van der Waals surface area contributed by atoms with E-state index in [0.717, 1.165) is 65.0 Å². The molecule has 0 aliphatic heterocycles. The maximum atomic E-state index is 15.4. The second-order valence-electron chi connectivity index (χ2n) is 9.74. The second-order valence-corrected chi connectivity index (χ2v) is 10.1. The lowest BCUT2D eigenvalue weighted by Crippen LogP contribution is -1.94. The Hall–Kier alpha value is -2.52. The van der Waals surface area contributed by atoms with Crippen LogP contribution < -0.4 is 0 Å². The van der Waals surface area contributed by atoms with E-state index in [2.05, 4.69) is 56.3 Å². The van der Waals surface area contributed by atoms with Gasteiger partial charge in [0.1, 0.15) is 0 Å². The fourth-order valence-electron chi connectivity index (χ4n) is 4.98. The molecule has 1 heterocycles. The maximum absolute atomic E-state index is 15.4. The number of fused-ring (bicyclic) bond motifs is 3. The van der Waals surface area contributed by atoms with Crippen LogP contribution in [0.4, 0.5) is 4.39 Å². The SMILES string of the molecule is CCCCCCCCCCc1ccc2c(oc(=S)c3cc(-c4ccc(CCC)cc4)ccc32)c1F. The van der Waals surface area contributed by atoms with Crippen LogP contribution in [-0.2, 0) is 12.8 Å². The van der Waals surface area contributed by atoms with Gasteiger partial charge < -0.3 is 4.42 Å². The van der Waals surface area contributed by atoms with Crippen LogP contribution in [0.2, 0.25) is 0 Å². The van der Waals surface area contributed by atoms with Gasteiger partial charge in [0.05, 0.1) is 0 Å². The zero-order chi connectivity index (χ0) is 24.6. The Bertz CT molecular complexity index is 1320. The highest BCUT2D eigenvalue weighted by atomic mass is 32.1. The first-order valence-corrected chi connectivity index (χ1v) is 13.8. The van der Waals surface area contributed by atoms with E-state index in [1.54, 1.807) is 0 Å². The largest absolute Gasteiger partial charge is 0.441 e. The second kappa shape index (κ2) is 12.4. The van der Waals surface area contributed by atoms with Gasteiger partial charge in [-0.05, 0) is 65.2 Å². The van der Waals surface area contributed by atoms with Crippen LogP contribution in [0.25, 0.3) is 32.9 Å². The normalized spacial score (nSPS) is 11.5. The summed E-state index contributed by atoms with van der Waals surface area (Å²) < 4.78 is 21.7. The lowest BCUT2D eigenvalue weighted by Gasteiger charge is -2.10. The molecule has 35 heavy (non-hydrogen) atoms. The van der Waals surface area contributed by atoms with Gasteiger partial charge >= 0.3 is 0 Å². The van der Waals surface area contributed by atoms with Crippen molar-refractivity contribution in [2.24, 2.45) is 0 Å². The van der Waals surface area contributed by atoms with Crippen LogP contribution in [0, 0.1) is 10.5 Å². The molecule has 0 saturated heterocycles. The summed E-state index contributed by atoms with van der Waals surface area (Å²) in [4.78, 5) is 0. The monoisotopic (exact) mass is 488 g/mol. The molecule has 3 aromatic carbocycles. The van der Waals surface area contributed by atoms with Crippen LogP contribution in [0.5, 0.6) is 0 Å². The first-order chi connectivity index (χ1) is 17.1. The molecule has 4 rings (SSSR count). The molecule has 1 aromatic heterocycles. The summed E-state index contributed by atoms with van der Waals surface area (Å²) in [5.74, 6) is -0.256. The number of halogens is 1. The van der Waals surface area contributed by atoms with Gasteiger partial charge in [0, 0.05) is 10.8 Å². The van der Waals surface area contributed by atoms with Crippen molar-refractivity contribution in [3.05, 3.63) is 76.2 Å². The fourth-order valence-corrected chi connectivity index (χ4v) is 5.23. The minimum absolute atomic E-state index is 0.256. The van der Waals surface area contributed by atoms with Crippen molar-refractivity contribution < 1.29 is 8.81 Å². The van der Waals surface area contributed by atoms with Crippen LogP contribution >= 0.6 is 12.2 Å². The zero-order valence-electron chi connectivity index (χ0n) is 21.2. The van der Waals surface area contributed by atoms with Crippen molar-refractivity contribution in [1.29, 1.82) is 0 Å². The van der Waals surface area contributed by atoms with Crippen molar-refractivity contribution in [3.63, 3.8) is 0 Å². The first-order valence-electron chi connectivity index (χ1n) is 13.4. The van der Waals surface area contributed by atoms with Gasteiger partial charge in [-0.25, -0.2) is 4.39 Å². The molecule has 4 aromatic rings. The summed E-state index contributed by atoms with van der Waals surface area (Å²) >= 11 is 5.58. The van der Waals surface area contributed by atoms with E-state index in [1.165, 1.54) is 44.1 Å². The quantitative estimate of drug-likeness (QED) is 0.112. The highest BCUT2D eigenvalue weighted by molar-refractivity contribution is 7.71. The Morgan fingerprint density at radius 1 is 0.657 bits per heavy atom. The van der Waals surface area contributed by atoms with E-state index < -0.39 is 0 Å². The summed E-state index contributed by atoms with van der Waals surface area (Å²) in [7, 11) is 0. The van der Waals surface area contributed by atoms with E-state index in [0.29, 0.717) is 4.71 Å². The Labute approximate surface area is 214 Å². The number of hydrogen-bond donors (Lipinski definition) is 0. The predicted octanol–water partition coefficient (Wildman–Crippen LogP) is 10.8. The molecule has 0 bridgehead atoms. The van der Waals surface area contributed by atoms with Crippen molar-refractivity contribution in [1.82, 2.24) is 0 Å². The van der Waals surface area contributed by atoms with E-state index in [9.17, 15) is 0 Å². The van der Waals surface area contributed by atoms with Crippen LogP contribution in [0.15, 0.2) is 59.0 Å². The summed E-state index contributed by atoms with van der Waals surface area (Å²) in [6.07, 6.45) is 12.9. The number of hydrogen-bond acceptors (Lipinski definition) is 2. The highest BCUT2D eigenvalue weighted by Crippen LogP contribution is 2.33. The topological polar surface area (TPSA) is 13.1 Å². The van der Waals surface area contributed by atoms with Crippen molar-refractivity contribution in [2.45, 2.75) is 84.5 Å². The lowest BCUT2D eigenvalue weighted by atomic mass is 9.98. The average molecular weight is 489 g/mol. The third-order valence-electron chi connectivity index (χ3n) is 7.03. The number of rotatable bonds is 12. The molecule has 1 nitrogen and oxygen atoms in total. The number of benzene rings is 3. The van der Waals surface area contributed by atoms with Crippen molar-refractivity contribution in [2.75, 3.05) is 0 Å². The van der Waals surface area contributed by atoms with Gasteiger partial charge in [0.2, 0.25) is 0 Å². The molecule has 0 atom stereocenters. The predicted molar refractivity (Wildman–Crippen MR) is 150 cm³/mol. The van der Waals surface area contributed by atoms with Gasteiger partial charge in [-0.3, -0.25) is 0 Å². The van der Waals surface area contributed by atoms with E-state index >= 15 is 4.39 Å². The molecule has 0 N–H and O–H groups in total. The molecular weight excluding hydrogens is 451 g/mol. The lowest BCUT2D eigenvalue weighted by molar-refractivity contribution is 0.533. The zero-order valence-corrected chi connectivity index (χ0v) is 22.0. The average Bonchev–Trinajstić information content (AvgIpc) is 2.88. The molecule has 0 aliphatic rings. The standard InChI is InChI=1S/C32H37FOS/c1-3-5-6-7-8-9-10-11-13-25-18-21-28-27-20-19-26(24-16-14-23(12-4-2)15-17-24)22-29(27)32(35)34-31(28)30(25)33/h14-22H,3-13H2,1-2H3. The van der Waals surface area contributed by atoms with Crippen LogP contribution in [0.1, 0.15) is 82.8 Å². The van der Waals surface area contributed by atoms with Crippen LogP contribution in [0.3, 0.4) is 0 Å². The fraction of sp³-hybridized carbons (Fsp3) is 0.406. The highest BCUT2D eigenvalue weighted by Gasteiger charge is 2.14. The van der Waals surface area contributed by atoms with Gasteiger partial charge in [0.25, 0.3) is 0 Å². The van der Waals surface area contributed by atoms with Gasteiger partial charge in [-0.2, -0.15) is 0 Å². The Morgan fingerprint density at radius 2 is 1.31 bits per heavy atom. The number of aryl methyl sites for hydroxylation is 2. The van der Waals surface area contributed by atoms with Gasteiger partial charge in [-0.1, -0.05) is 114 Å². The summed E-state index contributed by atoms with van der Waals surface area (Å²) in [6, 6.07) is 18.8. The molecule has 0 radical (unpaired) electrons. The Balaban J connectivity index is 1.52. The molecule has 0 aliphatic carbocycles. The molecule has 0 amide bonds. The van der Waals surface area contributed by atoms with Crippen molar-refractivity contribution >= 4 is 34.0 Å². The van der Waals surface area contributed by atoms with Gasteiger partial charge in [-0.15, -0.1) is 0 Å². The van der Waals surface area contributed by atoms with Crippen LogP contribution in [-0.4, -0.2) is 0 Å². The van der Waals surface area contributed by atoms with E-state index in [4.69, 9.17) is 16.6 Å². The van der Waals surface area contributed by atoms with Gasteiger partial charge in [0.15, 0.2) is 16.1 Å².